The monoisotopic (exact) mass is 368 g/mol. The van der Waals surface area contributed by atoms with Gasteiger partial charge in [-0.05, 0) is 62.3 Å². The van der Waals surface area contributed by atoms with Gasteiger partial charge in [-0.3, -0.25) is 4.68 Å². The molecule has 0 fully saturated rings. The van der Waals surface area contributed by atoms with E-state index >= 15 is 0 Å². The van der Waals surface area contributed by atoms with Gasteiger partial charge in [0.2, 0.25) is 0 Å². The molecule has 0 amide bonds. The Labute approximate surface area is 158 Å². The molecule has 2 N–H and O–H groups in total. The third-order valence-corrected chi connectivity index (χ3v) is 4.49. The van der Waals surface area contributed by atoms with Gasteiger partial charge in [0.15, 0.2) is 5.11 Å². The zero-order valence-electron chi connectivity index (χ0n) is 15.0. The van der Waals surface area contributed by atoms with E-state index in [1.165, 1.54) is 23.3 Å². The molecule has 0 bridgehead atoms. The molecule has 0 atom stereocenters. The number of benzene rings is 2. The van der Waals surface area contributed by atoms with E-state index in [2.05, 4.69) is 34.8 Å². The van der Waals surface area contributed by atoms with Crippen molar-refractivity contribution in [1.82, 2.24) is 9.78 Å². The summed E-state index contributed by atoms with van der Waals surface area (Å²) in [5.41, 5.74) is 5.79. The first kappa shape index (κ1) is 18.1. The fourth-order valence-corrected chi connectivity index (χ4v) is 3.04. The smallest absolute Gasteiger partial charge is 0.175 e. The minimum absolute atomic E-state index is 0.309. The second kappa shape index (κ2) is 7.66. The van der Waals surface area contributed by atoms with Crippen LogP contribution in [-0.4, -0.2) is 14.9 Å². The number of aromatic nitrogens is 2. The lowest BCUT2D eigenvalue weighted by molar-refractivity contribution is 0.628. The van der Waals surface area contributed by atoms with Crippen molar-refractivity contribution in [2.75, 3.05) is 10.6 Å². The van der Waals surface area contributed by atoms with Crippen LogP contribution >= 0.6 is 12.2 Å². The minimum Gasteiger partial charge on any atom is -0.332 e. The molecular formula is C20H21FN4S. The molecule has 6 heteroatoms. The molecule has 4 nitrogen and oxygen atoms in total. The molecule has 0 aliphatic heterocycles. The molecular weight excluding hydrogens is 347 g/mol. The number of nitrogens with one attached hydrogen (secondary N) is 2. The fraction of sp³-hybridized carbons (Fsp3) is 0.200. The lowest BCUT2D eigenvalue weighted by Crippen LogP contribution is -2.20. The third kappa shape index (κ3) is 4.08. The van der Waals surface area contributed by atoms with Gasteiger partial charge in [0, 0.05) is 5.69 Å². The summed E-state index contributed by atoms with van der Waals surface area (Å²) in [5.74, 6) is -0.309. The fourth-order valence-electron chi connectivity index (χ4n) is 2.82. The predicted octanol–water partition coefficient (Wildman–Crippen LogP) is 4.80. The van der Waals surface area contributed by atoms with Crippen LogP contribution in [-0.2, 0) is 6.54 Å². The molecule has 0 spiro atoms. The van der Waals surface area contributed by atoms with E-state index < -0.39 is 0 Å². The highest BCUT2D eigenvalue weighted by atomic mass is 32.1. The molecule has 0 radical (unpaired) electrons. The van der Waals surface area contributed by atoms with Crippen molar-refractivity contribution in [3.8, 4) is 0 Å². The first-order valence-corrected chi connectivity index (χ1v) is 8.77. The summed E-state index contributed by atoms with van der Waals surface area (Å²) in [6, 6.07) is 14.5. The molecule has 0 aliphatic rings. The first-order valence-electron chi connectivity index (χ1n) is 8.36. The maximum Gasteiger partial charge on any atom is 0.175 e. The lowest BCUT2D eigenvalue weighted by atomic mass is 10.1. The van der Waals surface area contributed by atoms with E-state index in [0.717, 1.165) is 17.1 Å². The van der Waals surface area contributed by atoms with Crippen LogP contribution in [0, 0.1) is 26.6 Å². The second-order valence-electron chi connectivity index (χ2n) is 6.22. The van der Waals surface area contributed by atoms with Gasteiger partial charge >= 0.3 is 0 Å². The zero-order valence-corrected chi connectivity index (χ0v) is 15.8. The van der Waals surface area contributed by atoms with Crippen LogP contribution in [0.25, 0.3) is 0 Å². The van der Waals surface area contributed by atoms with E-state index in [9.17, 15) is 4.39 Å². The highest BCUT2D eigenvalue weighted by Crippen LogP contribution is 2.22. The molecule has 0 aliphatic carbocycles. The Hall–Kier alpha value is -2.73. The van der Waals surface area contributed by atoms with Crippen molar-refractivity contribution < 1.29 is 4.39 Å². The van der Waals surface area contributed by atoms with Crippen LogP contribution in [0.4, 0.5) is 15.8 Å². The number of aryl methyl sites for hydroxylation is 2. The maximum absolute atomic E-state index is 13.3. The Morgan fingerprint density at radius 3 is 2.58 bits per heavy atom. The number of anilines is 2. The molecule has 3 rings (SSSR count). The van der Waals surface area contributed by atoms with Gasteiger partial charge in [0.05, 0.1) is 23.6 Å². The van der Waals surface area contributed by atoms with Crippen molar-refractivity contribution in [2.24, 2.45) is 0 Å². The molecule has 0 saturated carbocycles. The Balaban J connectivity index is 1.75. The Morgan fingerprint density at radius 1 is 1.08 bits per heavy atom. The molecule has 0 saturated heterocycles. The van der Waals surface area contributed by atoms with Crippen LogP contribution < -0.4 is 10.6 Å². The number of hydrogen-bond acceptors (Lipinski definition) is 2. The van der Waals surface area contributed by atoms with Gasteiger partial charge < -0.3 is 10.6 Å². The molecule has 1 aromatic heterocycles. The average Bonchev–Trinajstić information content (AvgIpc) is 2.84. The van der Waals surface area contributed by atoms with E-state index in [1.54, 1.807) is 12.1 Å². The molecule has 26 heavy (non-hydrogen) atoms. The summed E-state index contributed by atoms with van der Waals surface area (Å²) in [6.07, 6.45) is 0. The van der Waals surface area contributed by atoms with Crippen LogP contribution in [0.5, 0.6) is 0 Å². The molecule has 0 unspecified atom stereocenters. The summed E-state index contributed by atoms with van der Waals surface area (Å²) in [6.45, 7) is 6.74. The van der Waals surface area contributed by atoms with Gasteiger partial charge in [0.25, 0.3) is 0 Å². The first-order chi connectivity index (χ1) is 12.4. The van der Waals surface area contributed by atoms with Gasteiger partial charge in [-0.1, -0.05) is 30.3 Å². The Morgan fingerprint density at radius 2 is 1.85 bits per heavy atom. The number of thiocarbonyl (C=S) groups is 1. The molecule has 2 aromatic carbocycles. The van der Waals surface area contributed by atoms with Gasteiger partial charge in [-0.2, -0.15) is 5.10 Å². The van der Waals surface area contributed by atoms with Crippen LogP contribution in [0.3, 0.4) is 0 Å². The summed E-state index contributed by atoms with van der Waals surface area (Å²) in [4.78, 5) is 0. The van der Waals surface area contributed by atoms with E-state index in [0.29, 0.717) is 17.3 Å². The highest BCUT2D eigenvalue weighted by Gasteiger charge is 2.13. The minimum atomic E-state index is -0.309. The summed E-state index contributed by atoms with van der Waals surface area (Å²) in [5, 5.41) is 11.2. The van der Waals surface area contributed by atoms with Crippen molar-refractivity contribution in [3.63, 3.8) is 0 Å². The SMILES string of the molecule is Cc1ccccc1Cn1nc(C)c(NC(=S)Nc2cccc(F)c2)c1C. The van der Waals surface area contributed by atoms with E-state index in [-0.39, 0.29) is 5.82 Å². The van der Waals surface area contributed by atoms with Crippen LogP contribution in [0.2, 0.25) is 0 Å². The molecule has 3 aromatic rings. The number of hydrogen-bond donors (Lipinski definition) is 2. The Kier molecular flexibility index (Phi) is 5.32. The summed E-state index contributed by atoms with van der Waals surface area (Å²) < 4.78 is 15.3. The highest BCUT2D eigenvalue weighted by molar-refractivity contribution is 7.80. The van der Waals surface area contributed by atoms with E-state index in [4.69, 9.17) is 12.2 Å². The predicted molar refractivity (Wildman–Crippen MR) is 108 cm³/mol. The van der Waals surface area contributed by atoms with Crippen molar-refractivity contribution in [3.05, 3.63) is 76.9 Å². The van der Waals surface area contributed by atoms with E-state index in [1.807, 2.05) is 30.7 Å². The summed E-state index contributed by atoms with van der Waals surface area (Å²) >= 11 is 5.36. The number of halogens is 1. The van der Waals surface area contributed by atoms with Gasteiger partial charge in [-0.25, -0.2) is 4.39 Å². The average molecular weight is 368 g/mol. The van der Waals surface area contributed by atoms with Crippen molar-refractivity contribution >= 4 is 28.7 Å². The molecule has 134 valence electrons. The van der Waals surface area contributed by atoms with Crippen molar-refractivity contribution in [1.29, 1.82) is 0 Å². The van der Waals surface area contributed by atoms with Gasteiger partial charge in [-0.15, -0.1) is 0 Å². The Bertz CT molecular complexity index is 949. The zero-order chi connectivity index (χ0) is 18.7. The number of rotatable bonds is 4. The van der Waals surface area contributed by atoms with Crippen LogP contribution in [0.1, 0.15) is 22.5 Å². The van der Waals surface area contributed by atoms with Crippen molar-refractivity contribution in [2.45, 2.75) is 27.3 Å². The maximum atomic E-state index is 13.3. The summed E-state index contributed by atoms with van der Waals surface area (Å²) in [7, 11) is 0. The second-order valence-corrected chi connectivity index (χ2v) is 6.63. The quantitative estimate of drug-likeness (QED) is 0.649. The topological polar surface area (TPSA) is 41.9 Å². The lowest BCUT2D eigenvalue weighted by Gasteiger charge is -2.12. The van der Waals surface area contributed by atoms with Crippen LogP contribution in [0.15, 0.2) is 48.5 Å². The normalized spacial score (nSPS) is 10.6. The molecule has 1 heterocycles. The third-order valence-electron chi connectivity index (χ3n) is 4.28. The van der Waals surface area contributed by atoms with Gasteiger partial charge in [0.1, 0.15) is 5.82 Å². The standard InChI is InChI=1S/C20H21FN4S/c1-13-7-4-5-8-16(13)12-25-15(3)19(14(2)24-25)23-20(26)22-18-10-6-9-17(21)11-18/h4-11H,12H2,1-3H3,(H2,22,23,26). The largest absolute Gasteiger partial charge is 0.332 e. The number of nitrogens with zero attached hydrogens (tertiary/aromatic N) is 2.